The van der Waals surface area contributed by atoms with E-state index < -0.39 is 0 Å². The van der Waals surface area contributed by atoms with Crippen molar-refractivity contribution < 1.29 is 9.47 Å². The van der Waals surface area contributed by atoms with Crippen molar-refractivity contribution in [3.8, 4) is 0 Å². The summed E-state index contributed by atoms with van der Waals surface area (Å²) in [5.41, 5.74) is 0.293. The zero-order valence-corrected chi connectivity index (χ0v) is 9.21. The van der Waals surface area contributed by atoms with Crippen molar-refractivity contribution in [2.45, 2.75) is 44.8 Å². The highest BCUT2D eigenvalue weighted by atomic mass is 16.7. The van der Waals surface area contributed by atoms with Crippen LogP contribution in [0, 0.1) is 5.92 Å². The molecule has 1 heterocycles. The Labute approximate surface area is 86.2 Å². The van der Waals surface area contributed by atoms with Crippen molar-refractivity contribution >= 4 is 0 Å². The molecular formula is C11H21NO2. The summed E-state index contributed by atoms with van der Waals surface area (Å²) in [6.45, 7) is 6.87. The second kappa shape index (κ2) is 4.17. The fraction of sp³-hybridized carbons (Fsp3) is 1.00. The molecule has 1 N–H and O–H groups in total. The highest BCUT2D eigenvalue weighted by molar-refractivity contribution is 4.94. The predicted molar refractivity (Wildman–Crippen MR) is 55.1 cm³/mol. The monoisotopic (exact) mass is 199 g/mol. The Balaban J connectivity index is 1.69. The van der Waals surface area contributed by atoms with Crippen LogP contribution in [0.15, 0.2) is 0 Å². The SMILES string of the molecule is CC(C)(NCC1CCOCO1)C1CC1. The van der Waals surface area contributed by atoms with Crippen LogP contribution in [0.3, 0.4) is 0 Å². The summed E-state index contributed by atoms with van der Waals surface area (Å²) in [7, 11) is 0. The summed E-state index contributed by atoms with van der Waals surface area (Å²) in [4.78, 5) is 0. The molecule has 1 saturated heterocycles. The molecule has 3 heteroatoms. The Morgan fingerprint density at radius 2 is 2.07 bits per heavy atom. The van der Waals surface area contributed by atoms with Crippen LogP contribution in [-0.4, -0.2) is 31.6 Å². The van der Waals surface area contributed by atoms with Gasteiger partial charge in [-0.2, -0.15) is 0 Å². The minimum atomic E-state index is 0.293. The molecule has 0 radical (unpaired) electrons. The largest absolute Gasteiger partial charge is 0.355 e. The highest BCUT2D eigenvalue weighted by Crippen LogP contribution is 2.39. The predicted octanol–water partition coefficient (Wildman–Crippen LogP) is 1.53. The molecule has 82 valence electrons. The first-order valence-corrected chi connectivity index (χ1v) is 5.63. The Morgan fingerprint density at radius 3 is 2.64 bits per heavy atom. The molecule has 2 fully saturated rings. The van der Waals surface area contributed by atoms with Crippen LogP contribution in [0.5, 0.6) is 0 Å². The Morgan fingerprint density at radius 1 is 1.29 bits per heavy atom. The maximum atomic E-state index is 5.49. The van der Waals surface area contributed by atoms with E-state index in [0.29, 0.717) is 18.4 Å². The summed E-state index contributed by atoms with van der Waals surface area (Å²) in [6, 6.07) is 0. The van der Waals surface area contributed by atoms with Crippen molar-refractivity contribution in [2.75, 3.05) is 19.9 Å². The van der Waals surface area contributed by atoms with Crippen LogP contribution in [0.2, 0.25) is 0 Å². The van der Waals surface area contributed by atoms with E-state index >= 15 is 0 Å². The highest BCUT2D eigenvalue weighted by Gasteiger charge is 2.37. The minimum absolute atomic E-state index is 0.293. The standard InChI is InChI=1S/C11H21NO2/c1-11(2,9-3-4-9)12-7-10-5-6-13-8-14-10/h9-10,12H,3-8H2,1-2H3. The molecule has 0 spiro atoms. The summed E-state index contributed by atoms with van der Waals surface area (Å²) in [6.07, 6.45) is 4.14. The van der Waals surface area contributed by atoms with Crippen LogP contribution in [0.1, 0.15) is 33.1 Å². The van der Waals surface area contributed by atoms with Crippen LogP contribution in [0.4, 0.5) is 0 Å². The van der Waals surface area contributed by atoms with E-state index in [-0.39, 0.29) is 0 Å². The van der Waals surface area contributed by atoms with Gasteiger partial charge in [0.15, 0.2) is 0 Å². The van der Waals surface area contributed by atoms with Crippen molar-refractivity contribution in [1.82, 2.24) is 5.32 Å². The number of hydrogen-bond donors (Lipinski definition) is 1. The van der Waals surface area contributed by atoms with E-state index in [4.69, 9.17) is 9.47 Å². The van der Waals surface area contributed by atoms with Gasteiger partial charge in [0.2, 0.25) is 0 Å². The van der Waals surface area contributed by atoms with E-state index in [1.165, 1.54) is 12.8 Å². The van der Waals surface area contributed by atoms with E-state index in [1.807, 2.05) is 0 Å². The molecule has 0 aromatic carbocycles. The number of hydrogen-bond acceptors (Lipinski definition) is 3. The third kappa shape index (κ3) is 2.69. The maximum absolute atomic E-state index is 5.49. The third-order valence-corrected chi connectivity index (χ3v) is 3.35. The molecular weight excluding hydrogens is 178 g/mol. The molecule has 3 nitrogen and oxygen atoms in total. The second-order valence-electron chi connectivity index (χ2n) is 4.98. The summed E-state index contributed by atoms with van der Waals surface area (Å²) >= 11 is 0. The maximum Gasteiger partial charge on any atom is 0.147 e. The molecule has 1 aliphatic heterocycles. The van der Waals surface area contributed by atoms with Gasteiger partial charge < -0.3 is 14.8 Å². The molecule has 1 saturated carbocycles. The second-order valence-corrected chi connectivity index (χ2v) is 4.98. The van der Waals surface area contributed by atoms with Crippen molar-refractivity contribution in [3.05, 3.63) is 0 Å². The van der Waals surface area contributed by atoms with E-state index in [0.717, 1.165) is 25.5 Å². The average Bonchev–Trinajstić information content (AvgIpc) is 3.00. The van der Waals surface area contributed by atoms with E-state index in [9.17, 15) is 0 Å². The fourth-order valence-electron chi connectivity index (χ4n) is 1.99. The lowest BCUT2D eigenvalue weighted by Gasteiger charge is -2.30. The summed E-state index contributed by atoms with van der Waals surface area (Å²) in [5, 5.41) is 3.61. The van der Waals surface area contributed by atoms with Crippen molar-refractivity contribution in [1.29, 1.82) is 0 Å². The molecule has 2 aliphatic rings. The van der Waals surface area contributed by atoms with Gasteiger partial charge in [0.05, 0.1) is 12.7 Å². The van der Waals surface area contributed by atoms with Gasteiger partial charge >= 0.3 is 0 Å². The van der Waals surface area contributed by atoms with Crippen molar-refractivity contribution in [2.24, 2.45) is 5.92 Å². The molecule has 0 aromatic heterocycles. The van der Waals surface area contributed by atoms with E-state index in [1.54, 1.807) is 0 Å². The molecule has 0 aromatic rings. The first-order valence-electron chi connectivity index (χ1n) is 5.63. The third-order valence-electron chi connectivity index (χ3n) is 3.35. The average molecular weight is 199 g/mol. The zero-order chi connectivity index (χ0) is 10.0. The van der Waals surface area contributed by atoms with Gasteiger partial charge in [-0.3, -0.25) is 0 Å². The molecule has 1 unspecified atom stereocenters. The lowest BCUT2D eigenvalue weighted by molar-refractivity contribution is -0.138. The minimum Gasteiger partial charge on any atom is -0.355 e. The van der Waals surface area contributed by atoms with Gasteiger partial charge in [-0.25, -0.2) is 0 Å². The summed E-state index contributed by atoms with van der Waals surface area (Å²) in [5.74, 6) is 0.877. The summed E-state index contributed by atoms with van der Waals surface area (Å²) < 4.78 is 10.6. The van der Waals surface area contributed by atoms with Crippen molar-refractivity contribution in [3.63, 3.8) is 0 Å². The topological polar surface area (TPSA) is 30.5 Å². The van der Waals surface area contributed by atoms with Gasteiger partial charge in [0, 0.05) is 12.1 Å². The van der Waals surface area contributed by atoms with Gasteiger partial charge in [0.1, 0.15) is 6.79 Å². The van der Waals surface area contributed by atoms with Gasteiger partial charge in [0.25, 0.3) is 0 Å². The normalized spacial score (nSPS) is 29.1. The molecule has 2 rings (SSSR count). The smallest absolute Gasteiger partial charge is 0.147 e. The van der Waals surface area contributed by atoms with Gasteiger partial charge in [-0.15, -0.1) is 0 Å². The fourth-order valence-corrected chi connectivity index (χ4v) is 1.99. The van der Waals surface area contributed by atoms with Gasteiger partial charge in [-0.1, -0.05) is 0 Å². The van der Waals surface area contributed by atoms with Gasteiger partial charge in [-0.05, 0) is 39.0 Å². The molecule has 0 amide bonds. The molecule has 1 aliphatic carbocycles. The quantitative estimate of drug-likeness (QED) is 0.744. The number of nitrogens with one attached hydrogen (secondary N) is 1. The Bertz CT molecular complexity index is 184. The lowest BCUT2D eigenvalue weighted by Crippen LogP contribution is -2.46. The Kier molecular flexibility index (Phi) is 3.10. The van der Waals surface area contributed by atoms with Crippen LogP contribution in [-0.2, 0) is 9.47 Å². The zero-order valence-electron chi connectivity index (χ0n) is 9.21. The van der Waals surface area contributed by atoms with Crippen LogP contribution >= 0.6 is 0 Å². The molecule has 0 bridgehead atoms. The number of rotatable bonds is 4. The molecule has 14 heavy (non-hydrogen) atoms. The van der Waals surface area contributed by atoms with E-state index in [2.05, 4.69) is 19.2 Å². The lowest BCUT2D eigenvalue weighted by atomic mass is 9.98. The molecule has 1 atom stereocenters. The first kappa shape index (κ1) is 10.4. The Hall–Kier alpha value is -0.120. The number of ether oxygens (including phenoxy) is 2. The van der Waals surface area contributed by atoms with Crippen LogP contribution < -0.4 is 5.32 Å². The first-order chi connectivity index (χ1) is 6.68. The van der Waals surface area contributed by atoms with Crippen LogP contribution in [0.25, 0.3) is 0 Å².